The van der Waals surface area contributed by atoms with E-state index in [9.17, 15) is 0 Å². The lowest BCUT2D eigenvalue weighted by molar-refractivity contribution is 0.377. The van der Waals surface area contributed by atoms with Crippen LogP contribution in [-0.4, -0.2) is 0 Å². The van der Waals surface area contributed by atoms with E-state index in [2.05, 4.69) is 87.5 Å². The fraction of sp³-hybridized carbons (Fsp3) is 0.273. The predicted molar refractivity (Wildman–Crippen MR) is 95.7 cm³/mol. The van der Waals surface area contributed by atoms with Crippen molar-refractivity contribution < 1.29 is 4.74 Å². The van der Waals surface area contributed by atoms with Gasteiger partial charge in [0.15, 0.2) is 0 Å². The Morgan fingerprint density at radius 2 is 1.30 bits per heavy atom. The fourth-order valence-corrected chi connectivity index (χ4v) is 3.18. The molecule has 3 aromatic carbocycles. The van der Waals surface area contributed by atoms with Crippen LogP contribution in [0.3, 0.4) is 0 Å². The van der Waals surface area contributed by atoms with Gasteiger partial charge in [0.05, 0.1) is 0 Å². The molecule has 0 radical (unpaired) electrons. The van der Waals surface area contributed by atoms with Crippen LogP contribution in [0.4, 0.5) is 0 Å². The first-order valence-corrected chi connectivity index (χ1v) is 8.27. The maximum Gasteiger partial charge on any atom is 0.114 e. The van der Waals surface area contributed by atoms with Crippen molar-refractivity contribution in [3.05, 3.63) is 83.4 Å². The van der Waals surface area contributed by atoms with Gasteiger partial charge >= 0.3 is 0 Å². The van der Waals surface area contributed by atoms with Crippen LogP contribution in [0.25, 0.3) is 10.8 Å². The average Bonchev–Trinajstić information content (AvgIpc) is 3.34. The normalized spacial score (nSPS) is 20.7. The second-order valence-corrected chi connectivity index (χ2v) is 7.46. The molecule has 1 heterocycles. The van der Waals surface area contributed by atoms with Gasteiger partial charge in [-0.05, 0) is 38.9 Å². The molecule has 0 amide bonds. The molecular formula is C22H22O. The van der Waals surface area contributed by atoms with Gasteiger partial charge in [-0.25, -0.2) is 0 Å². The third-order valence-electron chi connectivity index (χ3n) is 4.70. The number of rotatable bonds is 2. The van der Waals surface area contributed by atoms with Gasteiger partial charge in [-0.15, -0.1) is 0 Å². The van der Waals surface area contributed by atoms with Gasteiger partial charge in [0, 0.05) is 0 Å². The Morgan fingerprint density at radius 1 is 0.696 bits per heavy atom. The number of epoxide rings is 1. The molecule has 4 rings (SSSR count). The van der Waals surface area contributed by atoms with Gasteiger partial charge in [0.1, 0.15) is 12.2 Å². The molecule has 0 spiro atoms. The lowest BCUT2D eigenvalue weighted by Gasteiger charge is -2.18. The molecule has 1 nitrogen and oxygen atoms in total. The highest BCUT2D eigenvalue weighted by Gasteiger charge is 2.41. The van der Waals surface area contributed by atoms with Crippen molar-refractivity contribution in [1.29, 1.82) is 0 Å². The zero-order valence-electron chi connectivity index (χ0n) is 13.9. The van der Waals surface area contributed by atoms with E-state index in [1.54, 1.807) is 0 Å². The van der Waals surface area contributed by atoms with Crippen molar-refractivity contribution in [1.82, 2.24) is 0 Å². The minimum Gasteiger partial charge on any atom is -0.359 e. The summed E-state index contributed by atoms with van der Waals surface area (Å²) in [5.74, 6) is 0. The Kier molecular flexibility index (Phi) is 3.28. The van der Waals surface area contributed by atoms with Crippen molar-refractivity contribution in [3.63, 3.8) is 0 Å². The monoisotopic (exact) mass is 302 g/mol. The van der Waals surface area contributed by atoms with Crippen LogP contribution < -0.4 is 0 Å². The van der Waals surface area contributed by atoms with Gasteiger partial charge in [0.2, 0.25) is 0 Å². The summed E-state index contributed by atoms with van der Waals surface area (Å²) in [6.07, 6.45) is 0.394. The molecule has 116 valence electrons. The van der Waals surface area contributed by atoms with Gasteiger partial charge in [-0.3, -0.25) is 0 Å². The molecule has 1 heteroatoms. The largest absolute Gasteiger partial charge is 0.359 e. The van der Waals surface area contributed by atoms with Crippen LogP contribution in [0, 0.1) is 0 Å². The molecule has 0 saturated carbocycles. The number of hydrogen-bond acceptors (Lipinski definition) is 1. The third kappa shape index (κ3) is 2.77. The van der Waals surface area contributed by atoms with Gasteiger partial charge < -0.3 is 4.74 Å². The Bertz CT molecular complexity index is 840. The van der Waals surface area contributed by atoms with E-state index in [-0.39, 0.29) is 17.6 Å². The Labute approximate surface area is 137 Å². The van der Waals surface area contributed by atoms with Crippen LogP contribution in [-0.2, 0) is 10.2 Å². The molecule has 1 aliphatic heterocycles. The molecule has 3 aromatic rings. The van der Waals surface area contributed by atoms with Gasteiger partial charge in [-0.1, -0.05) is 81.4 Å². The minimum absolute atomic E-state index is 0.195. The summed E-state index contributed by atoms with van der Waals surface area (Å²) in [4.78, 5) is 0. The smallest absolute Gasteiger partial charge is 0.114 e. The molecule has 1 fully saturated rings. The SMILES string of the molecule is CC(C)(C)c1ccc([C@H]2O[C@@H]2c2ccc3ccccc3c2)cc1. The van der Waals surface area contributed by atoms with Crippen LogP contribution in [0.15, 0.2) is 66.7 Å². The molecule has 0 N–H and O–H groups in total. The maximum atomic E-state index is 5.96. The third-order valence-corrected chi connectivity index (χ3v) is 4.70. The van der Waals surface area contributed by atoms with Gasteiger partial charge in [0.25, 0.3) is 0 Å². The summed E-state index contributed by atoms with van der Waals surface area (Å²) in [6.45, 7) is 6.73. The molecule has 23 heavy (non-hydrogen) atoms. The van der Waals surface area contributed by atoms with E-state index in [4.69, 9.17) is 4.74 Å². The van der Waals surface area contributed by atoms with Gasteiger partial charge in [-0.2, -0.15) is 0 Å². The molecule has 1 aliphatic rings. The van der Waals surface area contributed by atoms with Crippen LogP contribution in [0.1, 0.15) is 49.7 Å². The summed E-state index contributed by atoms with van der Waals surface area (Å²) < 4.78 is 5.96. The molecule has 0 aromatic heterocycles. The Hall–Kier alpha value is -2.12. The van der Waals surface area contributed by atoms with Crippen molar-refractivity contribution in [3.8, 4) is 0 Å². The number of fused-ring (bicyclic) bond motifs is 1. The van der Waals surface area contributed by atoms with Crippen LogP contribution >= 0.6 is 0 Å². The first kappa shape index (κ1) is 14.5. The van der Waals surface area contributed by atoms with E-state index in [0.29, 0.717) is 0 Å². The first-order chi connectivity index (χ1) is 11.0. The molecule has 0 aliphatic carbocycles. The summed E-state index contributed by atoms with van der Waals surface area (Å²) in [7, 11) is 0. The summed E-state index contributed by atoms with van der Waals surface area (Å²) in [5.41, 5.74) is 4.11. The average molecular weight is 302 g/mol. The highest BCUT2D eigenvalue weighted by Crippen LogP contribution is 2.51. The second kappa shape index (κ2) is 5.21. The highest BCUT2D eigenvalue weighted by molar-refractivity contribution is 5.83. The Morgan fingerprint density at radius 3 is 2.00 bits per heavy atom. The molecular weight excluding hydrogens is 280 g/mol. The molecule has 2 atom stereocenters. The molecule has 1 saturated heterocycles. The van der Waals surface area contributed by atoms with Crippen molar-refractivity contribution in [2.75, 3.05) is 0 Å². The lowest BCUT2D eigenvalue weighted by atomic mass is 9.86. The number of ether oxygens (including phenoxy) is 1. The Balaban J connectivity index is 1.57. The number of hydrogen-bond donors (Lipinski definition) is 0. The molecule has 0 bridgehead atoms. The topological polar surface area (TPSA) is 12.5 Å². The van der Waals surface area contributed by atoms with Crippen molar-refractivity contribution in [2.45, 2.75) is 38.4 Å². The predicted octanol–water partition coefficient (Wildman–Crippen LogP) is 5.95. The van der Waals surface area contributed by atoms with E-state index >= 15 is 0 Å². The standard InChI is InChI=1S/C22H22O/c1-22(2,3)19-12-10-16(11-13-19)20-21(23-20)18-9-8-15-6-4-5-7-17(15)14-18/h4-14,20-21H,1-3H3/t20-,21-/m1/s1. The van der Waals surface area contributed by atoms with Crippen LogP contribution in [0.2, 0.25) is 0 Å². The zero-order chi connectivity index (χ0) is 16.0. The van der Waals surface area contributed by atoms with Crippen LogP contribution in [0.5, 0.6) is 0 Å². The fourth-order valence-electron chi connectivity index (χ4n) is 3.18. The van der Waals surface area contributed by atoms with Crippen molar-refractivity contribution >= 4 is 10.8 Å². The molecule has 0 unspecified atom stereocenters. The van der Waals surface area contributed by atoms with Crippen molar-refractivity contribution in [2.24, 2.45) is 0 Å². The minimum atomic E-state index is 0.195. The van der Waals surface area contributed by atoms with E-state index in [1.807, 2.05) is 0 Å². The highest BCUT2D eigenvalue weighted by atomic mass is 16.6. The summed E-state index contributed by atoms with van der Waals surface area (Å²) in [5, 5.41) is 2.56. The first-order valence-electron chi connectivity index (χ1n) is 8.27. The zero-order valence-corrected chi connectivity index (χ0v) is 13.9. The van der Waals surface area contributed by atoms with E-state index in [1.165, 1.54) is 27.5 Å². The van der Waals surface area contributed by atoms with E-state index < -0.39 is 0 Å². The summed E-state index contributed by atoms with van der Waals surface area (Å²) in [6, 6.07) is 24.0. The maximum absolute atomic E-state index is 5.96. The number of benzene rings is 3. The summed E-state index contributed by atoms with van der Waals surface area (Å²) >= 11 is 0. The van der Waals surface area contributed by atoms with E-state index in [0.717, 1.165) is 0 Å². The lowest BCUT2D eigenvalue weighted by Crippen LogP contribution is -2.10. The second-order valence-electron chi connectivity index (χ2n) is 7.46. The quantitative estimate of drug-likeness (QED) is 0.533.